The van der Waals surface area contributed by atoms with E-state index < -0.39 is 24.2 Å². The van der Waals surface area contributed by atoms with E-state index in [4.69, 9.17) is 0 Å². The second-order valence-electron chi connectivity index (χ2n) is 4.36. The molecule has 0 heterocycles. The van der Waals surface area contributed by atoms with Crippen molar-refractivity contribution in [1.29, 1.82) is 0 Å². The molecule has 72 valence electrons. The van der Waals surface area contributed by atoms with Gasteiger partial charge in [0.15, 0.2) is 0 Å². The first kappa shape index (κ1) is 11.5. The Morgan fingerprint density at radius 3 is 1.42 bits per heavy atom. The van der Waals surface area contributed by atoms with Crippen molar-refractivity contribution >= 4 is 5.78 Å². The fourth-order valence-electron chi connectivity index (χ4n) is 1.04. The van der Waals surface area contributed by atoms with Crippen molar-refractivity contribution in [2.45, 2.75) is 27.7 Å². The normalized spacial score (nSPS) is 13.2. The zero-order chi connectivity index (χ0) is 9.99. The van der Waals surface area contributed by atoms with Crippen LogP contribution >= 0.6 is 0 Å². The Labute approximate surface area is 72.2 Å². The Bertz CT molecular complexity index is 155. The summed E-state index contributed by atoms with van der Waals surface area (Å²) in [6.45, 7) is 4.49. The fraction of sp³-hybridized carbons (Fsp3) is 0.889. The van der Waals surface area contributed by atoms with Gasteiger partial charge in [0.2, 0.25) is 0 Å². The maximum Gasteiger partial charge on any atom is 0.149 e. The minimum Gasteiger partial charge on any atom is -0.298 e. The molecule has 1 nitrogen and oxygen atoms in total. The Morgan fingerprint density at radius 1 is 1.00 bits per heavy atom. The number of ketones is 1. The molecule has 0 aliphatic heterocycles. The second kappa shape index (κ2) is 3.50. The summed E-state index contributed by atoms with van der Waals surface area (Å²) in [6, 6.07) is 0. The van der Waals surface area contributed by atoms with Crippen LogP contribution in [0, 0.1) is 10.8 Å². The van der Waals surface area contributed by atoms with Crippen molar-refractivity contribution in [3.05, 3.63) is 0 Å². The molecule has 0 aliphatic rings. The van der Waals surface area contributed by atoms with E-state index in [-0.39, 0.29) is 5.78 Å². The molecule has 0 rings (SSSR count). The number of carbonyl (C=O) groups is 1. The van der Waals surface area contributed by atoms with Gasteiger partial charge in [0.25, 0.3) is 0 Å². The highest BCUT2D eigenvalue weighted by Crippen LogP contribution is 2.30. The first-order valence-electron chi connectivity index (χ1n) is 3.95. The summed E-state index contributed by atoms with van der Waals surface area (Å²) in [6.07, 6.45) is 0. The molecule has 0 fully saturated rings. The molecule has 0 atom stereocenters. The lowest BCUT2D eigenvalue weighted by atomic mass is 9.75. The molecule has 0 amide bonds. The maximum absolute atomic E-state index is 12.3. The Balaban J connectivity index is 4.60. The molecule has 0 unspecified atom stereocenters. The predicted octanol–water partition coefficient (Wildman–Crippen LogP) is 2.55. The van der Waals surface area contributed by atoms with E-state index in [0.29, 0.717) is 0 Å². The molecule has 0 aromatic rings. The zero-order valence-corrected chi connectivity index (χ0v) is 8.08. The van der Waals surface area contributed by atoms with Crippen molar-refractivity contribution in [2.75, 3.05) is 13.3 Å². The maximum atomic E-state index is 12.3. The van der Waals surface area contributed by atoms with Gasteiger partial charge >= 0.3 is 0 Å². The standard InChI is InChI=1S/C9H16F2O/c1-8(2,5-10)7(12)9(3,4)6-11/h5-6H2,1-4H3. The van der Waals surface area contributed by atoms with E-state index in [2.05, 4.69) is 0 Å². The van der Waals surface area contributed by atoms with Crippen LogP contribution in [0.5, 0.6) is 0 Å². The number of rotatable bonds is 4. The van der Waals surface area contributed by atoms with Gasteiger partial charge in [-0.25, -0.2) is 0 Å². The van der Waals surface area contributed by atoms with Crippen molar-refractivity contribution in [3.63, 3.8) is 0 Å². The molecular formula is C9H16F2O. The summed E-state index contributed by atoms with van der Waals surface area (Å²) < 4.78 is 24.7. The van der Waals surface area contributed by atoms with Crippen LogP contribution in [0.1, 0.15) is 27.7 Å². The zero-order valence-electron chi connectivity index (χ0n) is 8.08. The molecule has 0 bridgehead atoms. The summed E-state index contributed by atoms with van der Waals surface area (Å²) in [5.41, 5.74) is -2.12. The molecule has 0 aromatic heterocycles. The Hall–Kier alpha value is -0.470. The van der Waals surface area contributed by atoms with Crippen LogP contribution in [0.3, 0.4) is 0 Å². The molecule has 0 aromatic carbocycles. The summed E-state index contributed by atoms with van der Waals surface area (Å²) in [7, 11) is 0. The number of alkyl halides is 2. The highest BCUT2D eigenvalue weighted by Gasteiger charge is 2.39. The van der Waals surface area contributed by atoms with Gasteiger partial charge in [0, 0.05) is 0 Å². The van der Waals surface area contributed by atoms with Crippen LogP contribution in [-0.2, 0) is 4.79 Å². The van der Waals surface area contributed by atoms with Crippen LogP contribution in [-0.4, -0.2) is 19.1 Å². The van der Waals surface area contributed by atoms with Crippen LogP contribution < -0.4 is 0 Å². The number of hydrogen-bond acceptors (Lipinski definition) is 1. The topological polar surface area (TPSA) is 17.1 Å². The molecule has 0 saturated heterocycles. The average molecular weight is 178 g/mol. The fourth-order valence-corrected chi connectivity index (χ4v) is 1.04. The van der Waals surface area contributed by atoms with Gasteiger partial charge in [-0.3, -0.25) is 13.6 Å². The van der Waals surface area contributed by atoms with Gasteiger partial charge in [-0.05, 0) is 0 Å². The van der Waals surface area contributed by atoms with Crippen LogP contribution in [0.25, 0.3) is 0 Å². The SMILES string of the molecule is CC(C)(CF)C(=O)C(C)(C)CF. The first-order valence-corrected chi connectivity index (χ1v) is 3.95. The van der Waals surface area contributed by atoms with Crippen molar-refractivity contribution in [1.82, 2.24) is 0 Å². The summed E-state index contributed by atoms with van der Waals surface area (Å²) >= 11 is 0. The van der Waals surface area contributed by atoms with E-state index in [1.54, 1.807) is 0 Å². The molecule has 0 spiro atoms. The van der Waals surface area contributed by atoms with Crippen molar-refractivity contribution in [3.8, 4) is 0 Å². The Kier molecular flexibility index (Phi) is 3.36. The van der Waals surface area contributed by atoms with Crippen LogP contribution in [0.2, 0.25) is 0 Å². The van der Waals surface area contributed by atoms with E-state index in [9.17, 15) is 13.6 Å². The summed E-state index contributed by atoms with van der Waals surface area (Å²) in [4.78, 5) is 11.5. The monoisotopic (exact) mass is 178 g/mol. The lowest BCUT2D eigenvalue weighted by molar-refractivity contribution is -0.137. The van der Waals surface area contributed by atoms with Crippen molar-refractivity contribution in [2.24, 2.45) is 10.8 Å². The lowest BCUT2D eigenvalue weighted by Gasteiger charge is -2.28. The van der Waals surface area contributed by atoms with Gasteiger partial charge in [-0.2, -0.15) is 0 Å². The minimum absolute atomic E-state index is 0.361. The number of Topliss-reactive ketones (excluding diaryl/α,β-unsaturated/α-hetero) is 1. The van der Waals surface area contributed by atoms with E-state index in [0.717, 1.165) is 0 Å². The van der Waals surface area contributed by atoms with E-state index in [1.807, 2.05) is 0 Å². The molecule has 0 N–H and O–H groups in total. The van der Waals surface area contributed by atoms with E-state index >= 15 is 0 Å². The van der Waals surface area contributed by atoms with Gasteiger partial charge in [0.05, 0.1) is 10.8 Å². The summed E-state index contributed by atoms with van der Waals surface area (Å²) in [5.74, 6) is -0.361. The highest BCUT2D eigenvalue weighted by molar-refractivity contribution is 5.89. The van der Waals surface area contributed by atoms with Gasteiger partial charge in [-0.1, -0.05) is 27.7 Å². The third kappa shape index (κ3) is 2.26. The van der Waals surface area contributed by atoms with Gasteiger partial charge < -0.3 is 0 Å². The van der Waals surface area contributed by atoms with Crippen molar-refractivity contribution < 1.29 is 13.6 Å². The molecule has 0 aliphatic carbocycles. The second-order valence-corrected chi connectivity index (χ2v) is 4.36. The Morgan fingerprint density at radius 2 is 1.25 bits per heavy atom. The molecule has 0 radical (unpaired) electrons. The van der Waals surface area contributed by atoms with Crippen LogP contribution in [0.4, 0.5) is 8.78 Å². The number of hydrogen-bond donors (Lipinski definition) is 0. The minimum atomic E-state index is -1.06. The largest absolute Gasteiger partial charge is 0.298 e. The van der Waals surface area contributed by atoms with Gasteiger partial charge in [-0.15, -0.1) is 0 Å². The third-order valence-corrected chi connectivity index (χ3v) is 1.90. The molecule has 12 heavy (non-hydrogen) atoms. The van der Waals surface area contributed by atoms with Gasteiger partial charge in [0.1, 0.15) is 19.1 Å². The molecular weight excluding hydrogens is 162 g/mol. The highest BCUT2D eigenvalue weighted by atomic mass is 19.1. The summed E-state index contributed by atoms with van der Waals surface area (Å²) in [5, 5.41) is 0. The molecule has 0 saturated carbocycles. The molecule has 3 heteroatoms. The van der Waals surface area contributed by atoms with E-state index in [1.165, 1.54) is 27.7 Å². The lowest BCUT2D eigenvalue weighted by Crippen LogP contribution is -2.39. The predicted molar refractivity (Wildman–Crippen MR) is 44.5 cm³/mol. The first-order chi connectivity index (χ1) is 5.28. The number of halogens is 2. The third-order valence-electron chi connectivity index (χ3n) is 1.90. The van der Waals surface area contributed by atoms with Crippen LogP contribution in [0.15, 0.2) is 0 Å². The smallest absolute Gasteiger partial charge is 0.149 e. The average Bonchev–Trinajstić information content (AvgIpc) is 2.03. The number of carbonyl (C=O) groups excluding carboxylic acids is 1. The quantitative estimate of drug-likeness (QED) is 0.646.